The van der Waals surface area contributed by atoms with Crippen molar-refractivity contribution in [2.24, 2.45) is 0 Å². The van der Waals surface area contributed by atoms with E-state index in [9.17, 15) is 0 Å². The molecule has 0 saturated carbocycles. The number of thiophene rings is 1. The van der Waals surface area contributed by atoms with E-state index in [1.807, 2.05) is 11.3 Å². The van der Waals surface area contributed by atoms with Gasteiger partial charge in [0.2, 0.25) is 0 Å². The summed E-state index contributed by atoms with van der Waals surface area (Å²) in [7, 11) is 0. The van der Waals surface area contributed by atoms with Crippen LogP contribution in [0, 0.1) is 0 Å². The van der Waals surface area contributed by atoms with Gasteiger partial charge in [-0.05, 0) is 95.7 Å². The summed E-state index contributed by atoms with van der Waals surface area (Å²) in [4.78, 5) is 6.04. The minimum absolute atomic E-state index is 1.14. The van der Waals surface area contributed by atoms with Gasteiger partial charge in [-0.3, -0.25) is 4.40 Å². The molecule has 0 aliphatic heterocycles. The van der Waals surface area contributed by atoms with Crippen LogP contribution in [0.2, 0.25) is 0 Å². The number of rotatable bonds is 6. The van der Waals surface area contributed by atoms with Gasteiger partial charge in [0.15, 0.2) is 0 Å². The standard InChI is InChI=1S/C48H31N3S/c1-5-15-34(16-6-1)49(35-17-7-2-8-18-35)38-26-25-32-31-44-41(30-33(32)29-38)45-40-27-28-43(50(36-19-9-3-10-20-36)37-21-11-4-12-22-37)46-39-23-13-14-24-42(39)51(47(40)46)48(45)52-44/h1-31H. The third-order valence-corrected chi connectivity index (χ3v) is 11.6. The van der Waals surface area contributed by atoms with Gasteiger partial charge in [0, 0.05) is 60.1 Å². The van der Waals surface area contributed by atoms with Crippen molar-refractivity contribution in [2.75, 3.05) is 9.80 Å². The first-order chi connectivity index (χ1) is 25.8. The highest BCUT2D eigenvalue weighted by molar-refractivity contribution is 7.25. The van der Waals surface area contributed by atoms with Crippen molar-refractivity contribution < 1.29 is 0 Å². The summed E-state index contributed by atoms with van der Waals surface area (Å²) in [6.45, 7) is 0. The number of fused-ring (bicyclic) bond motifs is 9. The van der Waals surface area contributed by atoms with E-state index < -0.39 is 0 Å². The van der Waals surface area contributed by atoms with Crippen molar-refractivity contribution in [3.05, 3.63) is 188 Å². The predicted octanol–water partition coefficient (Wildman–Crippen LogP) is 14.1. The summed E-state index contributed by atoms with van der Waals surface area (Å²) >= 11 is 1.90. The molecule has 0 bridgehead atoms. The van der Waals surface area contributed by atoms with Crippen LogP contribution in [0.25, 0.3) is 58.3 Å². The van der Waals surface area contributed by atoms with Gasteiger partial charge < -0.3 is 9.80 Å². The van der Waals surface area contributed by atoms with E-state index >= 15 is 0 Å². The van der Waals surface area contributed by atoms with Gasteiger partial charge in [-0.2, -0.15) is 0 Å². The Bertz CT molecular complexity index is 2980. The fourth-order valence-electron chi connectivity index (χ4n) is 8.23. The first-order valence-electron chi connectivity index (χ1n) is 17.7. The maximum Gasteiger partial charge on any atom is 0.109 e. The van der Waals surface area contributed by atoms with Crippen molar-refractivity contribution in [1.29, 1.82) is 0 Å². The van der Waals surface area contributed by atoms with E-state index in [0.29, 0.717) is 0 Å². The van der Waals surface area contributed by atoms with Gasteiger partial charge in [-0.15, -0.1) is 11.3 Å². The fourth-order valence-corrected chi connectivity index (χ4v) is 9.50. The maximum atomic E-state index is 2.53. The molecule has 0 atom stereocenters. The number of hydrogen-bond acceptors (Lipinski definition) is 3. The lowest BCUT2D eigenvalue weighted by molar-refractivity contribution is 1.29. The van der Waals surface area contributed by atoms with Crippen LogP contribution in [0.3, 0.4) is 0 Å². The largest absolute Gasteiger partial charge is 0.310 e. The smallest absolute Gasteiger partial charge is 0.109 e. The van der Waals surface area contributed by atoms with E-state index in [1.165, 1.54) is 64.0 Å². The minimum Gasteiger partial charge on any atom is -0.310 e. The van der Waals surface area contributed by atoms with Crippen molar-refractivity contribution in [2.45, 2.75) is 0 Å². The lowest BCUT2D eigenvalue weighted by Crippen LogP contribution is -2.10. The number of aromatic nitrogens is 1. The number of nitrogens with zero attached hydrogens (tertiary/aromatic N) is 3. The molecule has 3 nitrogen and oxygen atoms in total. The second-order valence-corrected chi connectivity index (χ2v) is 14.4. The number of para-hydroxylation sites is 5. The van der Waals surface area contributed by atoms with Crippen LogP contribution in [-0.2, 0) is 0 Å². The highest BCUT2D eigenvalue weighted by Crippen LogP contribution is 2.50. The zero-order chi connectivity index (χ0) is 34.2. The van der Waals surface area contributed by atoms with Crippen LogP contribution in [0.5, 0.6) is 0 Å². The molecule has 0 amide bonds. The number of benzene rings is 8. The topological polar surface area (TPSA) is 10.9 Å². The second-order valence-electron chi connectivity index (χ2n) is 13.4. The van der Waals surface area contributed by atoms with Gasteiger partial charge in [0.05, 0.1) is 16.7 Å². The van der Waals surface area contributed by atoms with E-state index in [0.717, 1.165) is 28.4 Å². The van der Waals surface area contributed by atoms with Crippen LogP contribution >= 0.6 is 11.3 Å². The summed E-state index contributed by atoms with van der Waals surface area (Å²) in [5.74, 6) is 0. The van der Waals surface area contributed by atoms with Crippen LogP contribution in [-0.4, -0.2) is 4.40 Å². The average Bonchev–Trinajstić information content (AvgIpc) is 3.85. The quantitative estimate of drug-likeness (QED) is 0.173. The van der Waals surface area contributed by atoms with Gasteiger partial charge in [-0.25, -0.2) is 0 Å². The normalized spacial score (nSPS) is 11.8. The molecule has 0 radical (unpaired) electrons. The Labute approximate surface area is 304 Å². The Kier molecular flexibility index (Phi) is 6.42. The van der Waals surface area contributed by atoms with Crippen LogP contribution in [0.1, 0.15) is 0 Å². The van der Waals surface area contributed by atoms with Crippen LogP contribution in [0.4, 0.5) is 34.1 Å². The molecule has 11 aromatic rings. The summed E-state index contributed by atoms with van der Waals surface area (Å²) in [6.07, 6.45) is 0. The van der Waals surface area contributed by atoms with E-state index in [2.05, 4.69) is 202 Å². The summed E-state index contributed by atoms with van der Waals surface area (Å²) in [5, 5.41) is 8.96. The van der Waals surface area contributed by atoms with Crippen molar-refractivity contribution in [3.63, 3.8) is 0 Å². The van der Waals surface area contributed by atoms with E-state index in [-0.39, 0.29) is 0 Å². The molecule has 0 spiro atoms. The van der Waals surface area contributed by atoms with Gasteiger partial charge in [0.25, 0.3) is 0 Å². The van der Waals surface area contributed by atoms with E-state index in [1.54, 1.807) is 0 Å². The Hall–Kier alpha value is -6.62. The zero-order valence-corrected chi connectivity index (χ0v) is 29.0. The summed E-state index contributed by atoms with van der Waals surface area (Å²) in [6, 6.07) is 68.0. The monoisotopic (exact) mass is 681 g/mol. The molecule has 0 aliphatic rings. The lowest BCUT2D eigenvalue weighted by Gasteiger charge is -2.26. The third-order valence-electron chi connectivity index (χ3n) is 10.4. The molecule has 4 heteroatoms. The molecule has 0 fully saturated rings. The molecular weight excluding hydrogens is 651 g/mol. The number of hydrogen-bond donors (Lipinski definition) is 0. The summed E-state index contributed by atoms with van der Waals surface area (Å²) < 4.78 is 3.84. The molecule has 11 rings (SSSR count). The highest BCUT2D eigenvalue weighted by Gasteiger charge is 2.26. The van der Waals surface area contributed by atoms with Crippen molar-refractivity contribution in [1.82, 2.24) is 4.40 Å². The Morgan fingerprint density at radius 3 is 1.60 bits per heavy atom. The SMILES string of the molecule is c1ccc(N(c2ccccc2)c2ccc3cc4sc5c(c4cc3c2)c2ccc(N(c3ccccc3)c3ccccc3)c3c4ccccc4n5c23)cc1. The molecule has 0 unspecified atom stereocenters. The Morgan fingerprint density at radius 1 is 0.385 bits per heavy atom. The first-order valence-corrected chi connectivity index (χ1v) is 18.5. The van der Waals surface area contributed by atoms with Gasteiger partial charge >= 0.3 is 0 Å². The molecule has 0 saturated heterocycles. The van der Waals surface area contributed by atoms with E-state index in [4.69, 9.17) is 0 Å². The molecule has 0 aliphatic carbocycles. The zero-order valence-electron chi connectivity index (χ0n) is 28.1. The maximum absolute atomic E-state index is 2.53. The van der Waals surface area contributed by atoms with Crippen LogP contribution < -0.4 is 9.80 Å². The lowest BCUT2D eigenvalue weighted by atomic mass is 10.0. The second kappa shape index (κ2) is 11.5. The van der Waals surface area contributed by atoms with Gasteiger partial charge in [0.1, 0.15) is 4.83 Å². The third kappa shape index (κ3) is 4.31. The Morgan fingerprint density at radius 2 is 0.962 bits per heavy atom. The molecule has 3 aromatic heterocycles. The first kappa shape index (κ1) is 29.1. The molecule has 3 heterocycles. The predicted molar refractivity (Wildman–Crippen MR) is 223 cm³/mol. The van der Waals surface area contributed by atoms with Crippen LogP contribution in [0.15, 0.2) is 188 Å². The molecular formula is C48H31N3S. The highest BCUT2D eigenvalue weighted by atomic mass is 32.1. The molecule has 244 valence electrons. The van der Waals surface area contributed by atoms with Gasteiger partial charge in [-0.1, -0.05) is 103 Å². The van der Waals surface area contributed by atoms with Crippen molar-refractivity contribution in [3.8, 4) is 0 Å². The minimum atomic E-state index is 1.14. The Balaban J connectivity index is 1.17. The molecule has 52 heavy (non-hydrogen) atoms. The molecule has 8 aromatic carbocycles. The average molecular weight is 682 g/mol. The number of anilines is 6. The fraction of sp³-hybridized carbons (Fsp3) is 0. The van der Waals surface area contributed by atoms with Crippen molar-refractivity contribution >= 4 is 104 Å². The summed E-state index contributed by atoms with van der Waals surface area (Å²) in [5.41, 5.74) is 9.41. The molecule has 0 N–H and O–H groups in total.